The SMILES string of the molecule is CC(C)c1nc2cc(CC(C)(C)C)ccc2s1. The van der Waals surface area contributed by atoms with Crippen LogP contribution in [0.3, 0.4) is 0 Å². The van der Waals surface area contributed by atoms with E-state index in [-0.39, 0.29) is 0 Å². The van der Waals surface area contributed by atoms with Crippen molar-refractivity contribution in [2.24, 2.45) is 5.41 Å². The second-order valence-corrected chi connectivity index (χ2v) is 7.31. The summed E-state index contributed by atoms with van der Waals surface area (Å²) in [5.74, 6) is 0.526. The van der Waals surface area contributed by atoms with E-state index in [0.717, 1.165) is 6.42 Å². The van der Waals surface area contributed by atoms with Gasteiger partial charge >= 0.3 is 0 Å². The zero-order chi connectivity index (χ0) is 12.6. The summed E-state index contributed by atoms with van der Waals surface area (Å²) >= 11 is 1.82. The molecule has 0 N–H and O–H groups in total. The van der Waals surface area contributed by atoms with Crippen molar-refractivity contribution < 1.29 is 0 Å². The van der Waals surface area contributed by atoms with E-state index in [1.165, 1.54) is 20.8 Å². The van der Waals surface area contributed by atoms with Gasteiger partial charge in [0.15, 0.2) is 0 Å². The number of nitrogens with zero attached hydrogens (tertiary/aromatic N) is 1. The zero-order valence-electron chi connectivity index (χ0n) is 11.4. The van der Waals surface area contributed by atoms with Crippen molar-refractivity contribution in [1.29, 1.82) is 0 Å². The highest BCUT2D eigenvalue weighted by Gasteiger charge is 2.13. The van der Waals surface area contributed by atoms with E-state index in [1.54, 1.807) is 0 Å². The Morgan fingerprint density at radius 3 is 2.53 bits per heavy atom. The van der Waals surface area contributed by atoms with Crippen molar-refractivity contribution in [3.05, 3.63) is 28.8 Å². The molecule has 1 heterocycles. The zero-order valence-corrected chi connectivity index (χ0v) is 12.2. The van der Waals surface area contributed by atoms with Gasteiger partial charge in [-0.2, -0.15) is 0 Å². The minimum atomic E-state index is 0.338. The topological polar surface area (TPSA) is 12.9 Å². The number of benzene rings is 1. The molecule has 0 amide bonds. The Bertz CT molecular complexity index is 517. The average Bonchev–Trinajstić information content (AvgIpc) is 2.57. The summed E-state index contributed by atoms with van der Waals surface area (Å²) in [6, 6.07) is 6.72. The molecule has 2 aromatic rings. The largest absolute Gasteiger partial charge is 0.241 e. The summed E-state index contributed by atoms with van der Waals surface area (Å²) in [6.45, 7) is 11.2. The summed E-state index contributed by atoms with van der Waals surface area (Å²) in [5, 5.41) is 1.24. The molecule has 0 aliphatic rings. The van der Waals surface area contributed by atoms with Gasteiger partial charge in [-0.1, -0.05) is 40.7 Å². The van der Waals surface area contributed by atoms with Gasteiger partial charge in [0.2, 0.25) is 0 Å². The monoisotopic (exact) mass is 247 g/mol. The van der Waals surface area contributed by atoms with Crippen molar-refractivity contribution in [2.45, 2.75) is 47.0 Å². The van der Waals surface area contributed by atoms with Gasteiger partial charge in [-0.25, -0.2) is 4.98 Å². The molecule has 1 aromatic heterocycles. The van der Waals surface area contributed by atoms with Crippen LogP contribution in [0, 0.1) is 5.41 Å². The molecule has 0 saturated heterocycles. The van der Waals surface area contributed by atoms with Crippen LogP contribution in [0.5, 0.6) is 0 Å². The van der Waals surface area contributed by atoms with E-state index >= 15 is 0 Å². The highest BCUT2D eigenvalue weighted by molar-refractivity contribution is 7.18. The van der Waals surface area contributed by atoms with Crippen molar-refractivity contribution in [3.63, 3.8) is 0 Å². The lowest BCUT2D eigenvalue weighted by atomic mass is 9.88. The van der Waals surface area contributed by atoms with Gasteiger partial charge in [0, 0.05) is 5.92 Å². The predicted octanol–water partition coefficient (Wildman–Crippen LogP) is 5.01. The normalized spacial score (nSPS) is 12.6. The molecule has 2 heteroatoms. The Morgan fingerprint density at radius 2 is 1.94 bits per heavy atom. The fraction of sp³-hybridized carbons (Fsp3) is 0.533. The molecule has 0 saturated carbocycles. The standard InChI is InChI=1S/C15H21NS/c1-10(2)14-16-12-8-11(9-15(3,4)5)6-7-13(12)17-14/h6-8,10H,9H2,1-5H3. The lowest BCUT2D eigenvalue weighted by molar-refractivity contribution is 0.411. The third kappa shape index (κ3) is 3.06. The van der Waals surface area contributed by atoms with Crippen LogP contribution in [0.1, 0.15) is 51.1 Å². The van der Waals surface area contributed by atoms with Gasteiger partial charge in [-0.05, 0) is 29.5 Å². The van der Waals surface area contributed by atoms with Crippen LogP contribution in [0.4, 0.5) is 0 Å². The van der Waals surface area contributed by atoms with Gasteiger partial charge in [-0.15, -0.1) is 11.3 Å². The maximum absolute atomic E-state index is 4.72. The van der Waals surface area contributed by atoms with Crippen LogP contribution in [0.15, 0.2) is 18.2 Å². The van der Waals surface area contributed by atoms with Crippen LogP contribution in [0.25, 0.3) is 10.2 Å². The Morgan fingerprint density at radius 1 is 1.24 bits per heavy atom. The second-order valence-electron chi connectivity index (χ2n) is 6.25. The molecule has 1 aromatic carbocycles. The first-order chi connectivity index (χ1) is 7.85. The first-order valence-electron chi connectivity index (χ1n) is 6.24. The minimum Gasteiger partial charge on any atom is -0.241 e. The molecule has 0 atom stereocenters. The van der Waals surface area contributed by atoms with Crippen molar-refractivity contribution >= 4 is 21.6 Å². The van der Waals surface area contributed by atoms with Crippen LogP contribution < -0.4 is 0 Å². The molecule has 0 fully saturated rings. The number of aromatic nitrogens is 1. The number of hydrogen-bond donors (Lipinski definition) is 0. The highest BCUT2D eigenvalue weighted by Crippen LogP contribution is 2.29. The predicted molar refractivity (Wildman–Crippen MR) is 76.9 cm³/mol. The Balaban J connectivity index is 2.37. The Labute approximate surface area is 108 Å². The van der Waals surface area contributed by atoms with Gasteiger partial charge in [-0.3, -0.25) is 0 Å². The van der Waals surface area contributed by atoms with Crippen LogP contribution in [-0.4, -0.2) is 4.98 Å². The van der Waals surface area contributed by atoms with Crippen LogP contribution >= 0.6 is 11.3 Å². The lowest BCUT2D eigenvalue weighted by Crippen LogP contribution is -2.08. The summed E-state index contributed by atoms with van der Waals surface area (Å²) in [5.41, 5.74) is 2.90. The summed E-state index contributed by atoms with van der Waals surface area (Å²) in [7, 11) is 0. The molecular weight excluding hydrogens is 226 g/mol. The number of hydrogen-bond acceptors (Lipinski definition) is 2. The van der Waals surface area contributed by atoms with E-state index in [2.05, 4.69) is 52.8 Å². The van der Waals surface area contributed by atoms with E-state index in [4.69, 9.17) is 4.98 Å². The molecule has 0 bridgehead atoms. The molecule has 0 aliphatic carbocycles. The molecule has 17 heavy (non-hydrogen) atoms. The molecule has 0 aliphatic heterocycles. The number of rotatable bonds is 2. The quantitative estimate of drug-likeness (QED) is 0.727. The maximum Gasteiger partial charge on any atom is 0.0963 e. The Kier molecular flexibility index (Phi) is 3.26. The smallest absolute Gasteiger partial charge is 0.0963 e. The van der Waals surface area contributed by atoms with E-state index in [0.29, 0.717) is 11.3 Å². The summed E-state index contributed by atoms with van der Waals surface area (Å²) in [4.78, 5) is 4.72. The molecular formula is C15H21NS. The lowest BCUT2D eigenvalue weighted by Gasteiger charge is -2.17. The van der Waals surface area contributed by atoms with E-state index in [1.807, 2.05) is 11.3 Å². The third-order valence-electron chi connectivity index (χ3n) is 2.70. The fourth-order valence-corrected chi connectivity index (χ4v) is 2.91. The molecule has 0 radical (unpaired) electrons. The minimum absolute atomic E-state index is 0.338. The molecule has 0 unspecified atom stereocenters. The summed E-state index contributed by atoms with van der Waals surface area (Å²) < 4.78 is 1.31. The highest BCUT2D eigenvalue weighted by atomic mass is 32.1. The van der Waals surface area contributed by atoms with Crippen LogP contribution in [-0.2, 0) is 6.42 Å². The van der Waals surface area contributed by atoms with E-state index < -0.39 is 0 Å². The van der Waals surface area contributed by atoms with Crippen molar-refractivity contribution in [1.82, 2.24) is 4.98 Å². The molecule has 0 spiro atoms. The summed E-state index contributed by atoms with van der Waals surface area (Å²) in [6.07, 6.45) is 1.11. The average molecular weight is 247 g/mol. The molecule has 2 rings (SSSR count). The first kappa shape index (κ1) is 12.6. The maximum atomic E-state index is 4.72. The van der Waals surface area contributed by atoms with Crippen molar-refractivity contribution in [3.8, 4) is 0 Å². The third-order valence-corrected chi connectivity index (χ3v) is 4.03. The van der Waals surface area contributed by atoms with Gasteiger partial charge in [0.1, 0.15) is 0 Å². The first-order valence-corrected chi connectivity index (χ1v) is 7.06. The van der Waals surface area contributed by atoms with Gasteiger partial charge in [0.25, 0.3) is 0 Å². The van der Waals surface area contributed by atoms with Crippen molar-refractivity contribution in [2.75, 3.05) is 0 Å². The fourth-order valence-electron chi connectivity index (χ4n) is 1.96. The number of thiazole rings is 1. The van der Waals surface area contributed by atoms with Crippen LogP contribution in [0.2, 0.25) is 0 Å². The van der Waals surface area contributed by atoms with E-state index in [9.17, 15) is 0 Å². The van der Waals surface area contributed by atoms with Gasteiger partial charge < -0.3 is 0 Å². The Hall–Kier alpha value is -0.890. The number of fused-ring (bicyclic) bond motifs is 1. The van der Waals surface area contributed by atoms with Gasteiger partial charge in [0.05, 0.1) is 15.2 Å². The molecule has 1 nitrogen and oxygen atoms in total. The molecule has 92 valence electrons. The second kappa shape index (κ2) is 4.41.